The first-order valence-electron chi connectivity index (χ1n) is 7.09. The first kappa shape index (κ1) is 17.7. The molecule has 2 N–H and O–H groups in total. The minimum absolute atomic E-state index is 0.0951. The average Bonchev–Trinajstić information content (AvgIpc) is 2.45. The van der Waals surface area contributed by atoms with Crippen molar-refractivity contribution < 1.29 is 4.74 Å². The van der Waals surface area contributed by atoms with Gasteiger partial charge in [-0.15, -0.1) is 0 Å². The van der Waals surface area contributed by atoms with E-state index in [-0.39, 0.29) is 6.04 Å². The van der Waals surface area contributed by atoms with E-state index in [1.54, 1.807) is 6.07 Å². The minimum Gasteiger partial charge on any atom is -0.380 e. The van der Waals surface area contributed by atoms with E-state index in [1.165, 1.54) is 0 Å². The number of nitrogens with zero attached hydrogens (tertiary/aromatic N) is 1. The molecule has 3 nitrogen and oxygen atoms in total. The van der Waals surface area contributed by atoms with E-state index < -0.39 is 0 Å². The molecule has 0 aromatic heterocycles. The van der Waals surface area contributed by atoms with Crippen molar-refractivity contribution in [1.82, 2.24) is 4.90 Å². The molecule has 0 bridgehead atoms. The lowest BCUT2D eigenvalue weighted by molar-refractivity contribution is 0.114. The highest BCUT2D eigenvalue weighted by Gasteiger charge is 2.13. The van der Waals surface area contributed by atoms with Crippen LogP contribution in [0.3, 0.4) is 0 Å². The van der Waals surface area contributed by atoms with Crippen LogP contribution in [0.25, 0.3) is 0 Å². The van der Waals surface area contributed by atoms with E-state index in [1.807, 2.05) is 19.1 Å². The predicted octanol–water partition coefficient (Wildman–Crippen LogP) is 3.74. The van der Waals surface area contributed by atoms with Gasteiger partial charge in [0.2, 0.25) is 0 Å². The van der Waals surface area contributed by atoms with Crippen molar-refractivity contribution in [2.24, 2.45) is 5.73 Å². The Balaban J connectivity index is 2.48. The standard InChI is InChI=1S/C15H24Cl2N2O/c1-3-19(10-11-20-4-2)9-8-14(18)12-6-5-7-13(16)15(12)17/h5-7,14H,3-4,8-11,18H2,1-2H3. The van der Waals surface area contributed by atoms with Crippen molar-refractivity contribution in [1.29, 1.82) is 0 Å². The molecule has 0 aliphatic heterocycles. The third-order valence-electron chi connectivity index (χ3n) is 3.34. The van der Waals surface area contributed by atoms with Gasteiger partial charge in [-0.2, -0.15) is 0 Å². The van der Waals surface area contributed by atoms with Gasteiger partial charge in [0.05, 0.1) is 16.7 Å². The van der Waals surface area contributed by atoms with Crippen molar-refractivity contribution >= 4 is 23.2 Å². The van der Waals surface area contributed by atoms with Crippen LogP contribution in [-0.4, -0.2) is 37.7 Å². The molecule has 1 rings (SSSR count). The molecule has 5 heteroatoms. The Morgan fingerprint density at radius 2 is 2.00 bits per heavy atom. The third-order valence-corrected chi connectivity index (χ3v) is 4.17. The molecule has 1 atom stereocenters. The van der Waals surface area contributed by atoms with Crippen LogP contribution in [0.4, 0.5) is 0 Å². The zero-order valence-corrected chi connectivity index (χ0v) is 13.8. The van der Waals surface area contributed by atoms with Gasteiger partial charge in [-0.25, -0.2) is 0 Å². The zero-order chi connectivity index (χ0) is 15.0. The summed E-state index contributed by atoms with van der Waals surface area (Å²) in [5.74, 6) is 0. The summed E-state index contributed by atoms with van der Waals surface area (Å²) in [7, 11) is 0. The maximum atomic E-state index is 6.22. The molecule has 0 heterocycles. The number of nitrogens with two attached hydrogens (primary N) is 1. The molecular formula is C15H24Cl2N2O. The van der Waals surface area contributed by atoms with Gasteiger partial charge in [0.15, 0.2) is 0 Å². The fourth-order valence-electron chi connectivity index (χ4n) is 2.05. The summed E-state index contributed by atoms with van der Waals surface area (Å²) in [6.45, 7) is 8.51. The van der Waals surface area contributed by atoms with Crippen LogP contribution in [0.2, 0.25) is 10.0 Å². The van der Waals surface area contributed by atoms with E-state index in [9.17, 15) is 0 Å². The van der Waals surface area contributed by atoms with Gasteiger partial charge in [-0.3, -0.25) is 0 Å². The van der Waals surface area contributed by atoms with Crippen molar-refractivity contribution in [3.63, 3.8) is 0 Å². The fourth-order valence-corrected chi connectivity index (χ4v) is 2.50. The van der Waals surface area contributed by atoms with E-state index >= 15 is 0 Å². The Hall–Kier alpha value is -0.320. The second kappa shape index (κ2) is 9.59. The first-order chi connectivity index (χ1) is 9.60. The number of likely N-dealkylation sites (N-methyl/N-ethyl adjacent to an activating group) is 1. The van der Waals surface area contributed by atoms with Crippen LogP contribution in [0.5, 0.6) is 0 Å². The van der Waals surface area contributed by atoms with Crippen LogP contribution < -0.4 is 5.73 Å². The summed E-state index contributed by atoms with van der Waals surface area (Å²) < 4.78 is 5.38. The Morgan fingerprint density at radius 3 is 2.65 bits per heavy atom. The molecule has 1 aromatic carbocycles. The van der Waals surface area contributed by atoms with E-state index in [2.05, 4.69) is 11.8 Å². The molecular weight excluding hydrogens is 295 g/mol. The topological polar surface area (TPSA) is 38.5 Å². The van der Waals surface area contributed by atoms with E-state index in [0.717, 1.165) is 44.8 Å². The van der Waals surface area contributed by atoms with Gasteiger partial charge in [0.1, 0.15) is 0 Å². The Kier molecular flexibility index (Phi) is 8.50. The molecule has 0 saturated carbocycles. The molecule has 0 saturated heterocycles. The van der Waals surface area contributed by atoms with Gasteiger partial charge in [0, 0.05) is 25.7 Å². The zero-order valence-electron chi connectivity index (χ0n) is 12.2. The summed E-state index contributed by atoms with van der Waals surface area (Å²) >= 11 is 12.2. The molecule has 0 radical (unpaired) electrons. The van der Waals surface area contributed by atoms with Crippen LogP contribution in [0.15, 0.2) is 18.2 Å². The van der Waals surface area contributed by atoms with Gasteiger partial charge in [-0.1, -0.05) is 42.3 Å². The molecule has 0 fully saturated rings. The second-order valence-corrected chi connectivity index (χ2v) is 5.45. The fraction of sp³-hybridized carbons (Fsp3) is 0.600. The molecule has 0 aliphatic rings. The number of benzene rings is 1. The van der Waals surface area contributed by atoms with Gasteiger partial charge in [0.25, 0.3) is 0 Å². The average molecular weight is 319 g/mol. The number of hydrogen-bond acceptors (Lipinski definition) is 3. The highest BCUT2D eigenvalue weighted by Crippen LogP contribution is 2.30. The summed E-state index contributed by atoms with van der Waals surface area (Å²) in [5, 5.41) is 1.13. The highest BCUT2D eigenvalue weighted by atomic mass is 35.5. The van der Waals surface area contributed by atoms with Crippen molar-refractivity contribution in [2.45, 2.75) is 26.3 Å². The molecule has 0 aliphatic carbocycles. The van der Waals surface area contributed by atoms with Crippen LogP contribution in [-0.2, 0) is 4.74 Å². The minimum atomic E-state index is -0.0951. The maximum absolute atomic E-state index is 6.22. The lowest BCUT2D eigenvalue weighted by Crippen LogP contribution is -2.30. The smallest absolute Gasteiger partial charge is 0.0640 e. The second-order valence-electron chi connectivity index (χ2n) is 4.67. The van der Waals surface area contributed by atoms with E-state index in [0.29, 0.717) is 10.0 Å². The quantitative estimate of drug-likeness (QED) is 0.705. The number of rotatable bonds is 9. The number of halogens is 2. The first-order valence-corrected chi connectivity index (χ1v) is 7.85. The highest BCUT2D eigenvalue weighted by molar-refractivity contribution is 6.42. The molecule has 1 unspecified atom stereocenters. The summed E-state index contributed by atoms with van der Waals surface area (Å²) in [4.78, 5) is 2.33. The summed E-state index contributed by atoms with van der Waals surface area (Å²) in [6, 6.07) is 5.51. The number of ether oxygens (including phenoxy) is 1. The lowest BCUT2D eigenvalue weighted by Gasteiger charge is -2.22. The Morgan fingerprint density at radius 1 is 1.25 bits per heavy atom. The van der Waals surface area contributed by atoms with Crippen molar-refractivity contribution in [2.75, 3.05) is 32.8 Å². The SMILES string of the molecule is CCOCCN(CC)CCC(N)c1cccc(Cl)c1Cl. The van der Waals surface area contributed by atoms with Crippen LogP contribution >= 0.6 is 23.2 Å². The lowest BCUT2D eigenvalue weighted by atomic mass is 10.0. The molecule has 0 spiro atoms. The Labute approximate surface area is 132 Å². The van der Waals surface area contributed by atoms with Gasteiger partial charge >= 0.3 is 0 Å². The Bertz CT molecular complexity index is 401. The summed E-state index contributed by atoms with van der Waals surface area (Å²) in [6.07, 6.45) is 0.847. The van der Waals surface area contributed by atoms with E-state index in [4.69, 9.17) is 33.7 Å². The number of hydrogen-bond donors (Lipinski definition) is 1. The predicted molar refractivity (Wildman–Crippen MR) is 86.6 cm³/mol. The largest absolute Gasteiger partial charge is 0.380 e. The third kappa shape index (κ3) is 5.58. The summed E-state index contributed by atoms with van der Waals surface area (Å²) in [5.41, 5.74) is 7.14. The molecule has 20 heavy (non-hydrogen) atoms. The van der Waals surface area contributed by atoms with Crippen LogP contribution in [0.1, 0.15) is 31.9 Å². The monoisotopic (exact) mass is 318 g/mol. The molecule has 1 aromatic rings. The van der Waals surface area contributed by atoms with Crippen molar-refractivity contribution in [3.05, 3.63) is 33.8 Å². The van der Waals surface area contributed by atoms with Crippen LogP contribution in [0, 0.1) is 0 Å². The van der Waals surface area contributed by atoms with Gasteiger partial charge in [-0.05, 0) is 31.5 Å². The van der Waals surface area contributed by atoms with Crippen molar-refractivity contribution in [3.8, 4) is 0 Å². The van der Waals surface area contributed by atoms with Gasteiger partial charge < -0.3 is 15.4 Å². The normalized spacial score (nSPS) is 12.9. The molecule has 0 amide bonds. The molecule has 114 valence electrons. The maximum Gasteiger partial charge on any atom is 0.0640 e.